The van der Waals surface area contributed by atoms with Crippen LogP contribution in [0.3, 0.4) is 0 Å². The predicted octanol–water partition coefficient (Wildman–Crippen LogP) is 1.95. The lowest BCUT2D eigenvalue weighted by Crippen LogP contribution is -2.58. The fourth-order valence-electron chi connectivity index (χ4n) is 4.02. The molecule has 3 amide bonds. The van der Waals surface area contributed by atoms with Crippen molar-refractivity contribution in [2.75, 3.05) is 26.2 Å². The number of nitrogens with one attached hydrogen (secondary N) is 2. The highest BCUT2D eigenvalue weighted by molar-refractivity contribution is 5.98. The van der Waals surface area contributed by atoms with Crippen LogP contribution in [0, 0.1) is 12.8 Å². The number of rotatable bonds is 8. The lowest BCUT2D eigenvalue weighted by molar-refractivity contribution is -0.136. The molecule has 0 radical (unpaired) electrons. The SMILES string of the molecule is Cc1ccccc1C(=O)NC(CC(C)C)C(=O)N1CCN(C(C)C(=O)NC2CC2)CC1. The van der Waals surface area contributed by atoms with Gasteiger partial charge in [0.05, 0.1) is 6.04 Å². The molecule has 1 saturated heterocycles. The second-order valence-electron chi connectivity index (χ2n) is 9.29. The molecule has 1 saturated carbocycles. The zero-order valence-corrected chi connectivity index (χ0v) is 19.2. The lowest BCUT2D eigenvalue weighted by Gasteiger charge is -2.39. The van der Waals surface area contributed by atoms with Gasteiger partial charge < -0.3 is 15.5 Å². The van der Waals surface area contributed by atoms with E-state index in [1.165, 1.54) is 0 Å². The Morgan fingerprint density at radius 2 is 1.68 bits per heavy atom. The quantitative estimate of drug-likeness (QED) is 0.663. The maximum Gasteiger partial charge on any atom is 0.252 e. The summed E-state index contributed by atoms with van der Waals surface area (Å²) in [6, 6.07) is 7.03. The van der Waals surface area contributed by atoms with E-state index in [4.69, 9.17) is 0 Å². The van der Waals surface area contributed by atoms with Gasteiger partial charge in [-0.05, 0) is 50.7 Å². The van der Waals surface area contributed by atoms with E-state index in [9.17, 15) is 14.4 Å². The van der Waals surface area contributed by atoms with Crippen molar-refractivity contribution in [3.05, 3.63) is 35.4 Å². The highest BCUT2D eigenvalue weighted by atomic mass is 16.2. The molecule has 31 heavy (non-hydrogen) atoms. The molecule has 1 heterocycles. The number of hydrogen-bond donors (Lipinski definition) is 2. The van der Waals surface area contributed by atoms with Crippen LogP contribution in [-0.4, -0.2) is 71.8 Å². The summed E-state index contributed by atoms with van der Waals surface area (Å²) in [5, 5.41) is 6.03. The summed E-state index contributed by atoms with van der Waals surface area (Å²) in [7, 11) is 0. The molecule has 2 aliphatic rings. The van der Waals surface area contributed by atoms with Crippen molar-refractivity contribution in [1.29, 1.82) is 0 Å². The van der Waals surface area contributed by atoms with Crippen molar-refractivity contribution in [1.82, 2.24) is 20.4 Å². The number of nitrogens with zero attached hydrogens (tertiary/aromatic N) is 2. The number of aryl methyl sites for hydroxylation is 1. The Bertz CT molecular complexity index is 798. The normalized spacial score (nSPS) is 19.1. The van der Waals surface area contributed by atoms with Gasteiger partial charge in [-0.25, -0.2) is 0 Å². The molecular formula is C24H36N4O3. The predicted molar refractivity (Wildman–Crippen MR) is 121 cm³/mol. The first-order chi connectivity index (χ1) is 14.8. The fourth-order valence-corrected chi connectivity index (χ4v) is 4.02. The van der Waals surface area contributed by atoms with Gasteiger partial charge in [0.1, 0.15) is 6.04 Å². The average Bonchev–Trinajstić information content (AvgIpc) is 3.56. The molecule has 7 nitrogen and oxygen atoms in total. The van der Waals surface area contributed by atoms with Crippen LogP contribution in [0.15, 0.2) is 24.3 Å². The first kappa shape index (κ1) is 23.3. The smallest absolute Gasteiger partial charge is 0.252 e. The third-order valence-electron chi connectivity index (χ3n) is 6.18. The summed E-state index contributed by atoms with van der Waals surface area (Å²) in [6.07, 6.45) is 2.75. The molecule has 1 aromatic rings. The van der Waals surface area contributed by atoms with Gasteiger partial charge in [-0.2, -0.15) is 0 Å². The van der Waals surface area contributed by atoms with Crippen molar-refractivity contribution >= 4 is 17.7 Å². The fraction of sp³-hybridized carbons (Fsp3) is 0.625. The molecule has 1 aromatic carbocycles. The van der Waals surface area contributed by atoms with Gasteiger partial charge in [0, 0.05) is 37.8 Å². The van der Waals surface area contributed by atoms with Crippen molar-refractivity contribution in [3.63, 3.8) is 0 Å². The summed E-state index contributed by atoms with van der Waals surface area (Å²) in [6.45, 7) is 10.4. The topological polar surface area (TPSA) is 81.8 Å². The van der Waals surface area contributed by atoms with Crippen molar-refractivity contribution in [2.45, 2.75) is 65.1 Å². The molecule has 2 unspecified atom stereocenters. The molecule has 1 aliphatic carbocycles. The maximum atomic E-state index is 13.3. The van der Waals surface area contributed by atoms with Crippen LogP contribution in [-0.2, 0) is 9.59 Å². The first-order valence-electron chi connectivity index (χ1n) is 11.5. The Labute approximate surface area is 185 Å². The minimum absolute atomic E-state index is 0.0367. The van der Waals surface area contributed by atoms with E-state index in [-0.39, 0.29) is 29.7 Å². The molecule has 1 aliphatic heterocycles. The summed E-state index contributed by atoms with van der Waals surface area (Å²) < 4.78 is 0. The molecule has 0 spiro atoms. The Kier molecular flexibility index (Phi) is 7.70. The lowest BCUT2D eigenvalue weighted by atomic mass is 10.0. The molecule has 2 atom stereocenters. The highest BCUT2D eigenvalue weighted by Gasteiger charge is 2.33. The van der Waals surface area contributed by atoms with Gasteiger partial charge in [0.15, 0.2) is 0 Å². The van der Waals surface area contributed by atoms with Crippen LogP contribution < -0.4 is 10.6 Å². The van der Waals surface area contributed by atoms with Crippen LogP contribution in [0.5, 0.6) is 0 Å². The first-order valence-corrected chi connectivity index (χ1v) is 11.5. The van der Waals surface area contributed by atoms with Crippen molar-refractivity contribution in [3.8, 4) is 0 Å². The van der Waals surface area contributed by atoms with Crippen LogP contribution >= 0.6 is 0 Å². The van der Waals surface area contributed by atoms with Gasteiger partial charge in [-0.1, -0.05) is 32.0 Å². The summed E-state index contributed by atoms with van der Waals surface area (Å²) in [4.78, 5) is 42.4. The van der Waals surface area contributed by atoms with Crippen molar-refractivity contribution in [2.24, 2.45) is 5.92 Å². The van der Waals surface area contributed by atoms with Gasteiger partial charge in [0.2, 0.25) is 11.8 Å². The largest absolute Gasteiger partial charge is 0.352 e. The van der Waals surface area contributed by atoms with Crippen LogP contribution in [0.4, 0.5) is 0 Å². The number of carbonyl (C=O) groups excluding carboxylic acids is 3. The Hall–Kier alpha value is -2.41. The minimum Gasteiger partial charge on any atom is -0.352 e. The van der Waals surface area contributed by atoms with Gasteiger partial charge in [0.25, 0.3) is 5.91 Å². The molecule has 0 bridgehead atoms. The van der Waals surface area contributed by atoms with Crippen molar-refractivity contribution < 1.29 is 14.4 Å². The number of hydrogen-bond acceptors (Lipinski definition) is 4. The number of amides is 3. The van der Waals surface area contributed by atoms with E-state index in [1.54, 1.807) is 6.07 Å². The Morgan fingerprint density at radius 3 is 2.26 bits per heavy atom. The molecule has 2 fully saturated rings. The third-order valence-corrected chi connectivity index (χ3v) is 6.18. The maximum absolute atomic E-state index is 13.3. The van der Waals surface area contributed by atoms with Crippen LogP contribution in [0.2, 0.25) is 0 Å². The van der Waals surface area contributed by atoms with Crippen LogP contribution in [0.25, 0.3) is 0 Å². The van der Waals surface area contributed by atoms with Crippen LogP contribution in [0.1, 0.15) is 56.0 Å². The van der Waals surface area contributed by atoms with E-state index >= 15 is 0 Å². The standard InChI is InChI=1S/C24H36N4O3/c1-16(2)15-21(26-23(30)20-8-6-5-7-17(20)3)24(31)28-13-11-27(12-14-28)18(4)22(29)25-19-9-10-19/h5-8,16,18-19,21H,9-15H2,1-4H3,(H,25,29)(H,26,30). The zero-order chi connectivity index (χ0) is 22.5. The summed E-state index contributed by atoms with van der Waals surface area (Å²) in [5.41, 5.74) is 1.49. The van der Waals surface area contributed by atoms with E-state index in [2.05, 4.69) is 29.4 Å². The second kappa shape index (κ2) is 10.3. The second-order valence-corrected chi connectivity index (χ2v) is 9.29. The monoisotopic (exact) mass is 428 g/mol. The number of piperazine rings is 1. The van der Waals surface area contributed by atoms with E-state index in [1.807, 2.05) is 36.9 Å². The molecule has 2 N–H and O–H groups in total. The summed E-state index contributed by atoms with van der Waals surface area (Å²) >= 11 is 0. The number of carbonyl (C=O) groups is 3. The zero-order valence-electron chi connectivity index (χ0n) is 19.2. The van der Waals surface area contributed by atoms with E-state index in [0.29, 0.717) is 44.2 Å². The molecule has 7 heteroatoms. The van der Waals surface area contributed by atoms with E-state index < -0.39 is 6.04 Å². The molecular weight excluding hydrogens is 392 g/mol. The van der Waals surface area contributed by atoms with Gasteiger partial charge in [-0.3, -0.25) is 19.3 Å². The third kappa shape index (κ3) is 6.29. The Morgan fingerprint density at radius 1 is 1.03 bits per heavy atom. The molecule has 0 aromatic heterocycles. The summed E-state index contributed by atoms with van der Waals surface area (Å²) in [5.74, 6) is 0.107. The Balaban J connectivity index is 1.58. The average molecular weight is 429 g/mol. The molecule has 3 rings (SSSR count). The number of benzene rings is 1. The van der Waals surface area contributed by atoms with Gasteiger partial charge >= 0.3 is 0 Å². The minimum atomic E-state index is -0.547. The molecule has 170 valence electrons. The van der Waals surface area contributed by atoms with Gasteiger partial charge in [-0.15, -0.1) is 0 Å². The van der Waals surface area contributed by atoms with E-state index in [0.717, 1.165) is 18.4 Å². The highest BCUT2D eigenvalue weighted by Crippen LogP contribution is 2.19.